The van der Waals surface area contributed by atoms with E-state index in [1.807, 2.05) is 31.2 Å². The van der Waals surface area contributed by atoms with Gasteiger partial charge in [0.2, 0.25) is 0 Å². The molecular formula is C20H25F3N4O2. The average Bonchev–Trinajstić information content (AvgIpc) is 2.70. The van der Waals surface area contributed by atoms with Crippen LogP contribution in [0.4, 0.5) is 13.2 Å². The molecule has 0 aliphatic carbocycles. The lowest BCUT2D eigenvalue weighted by Gasteiger charge is -2.12. The molecule has 0 amide bonds. The molecule has 0 saturated carbocycles. The number of aromatic nitrogens is 1. The van der Waals surface area contributed by atoms with E-state index in [2.05, 4.69) is 25.3 Å². The van der Waals surface area contributed by atoms with E-state index in [9.17, 15) is 13.2 Å². The fraction of sp³-hybridized carbons (Fsp3) is 0.400. The van der Waals surface area contributed by atoms with Crippen LogP contribution in [-0.4, -0.2) is 43.4 Å². The summed E-state index contributed by atoms with van der Waals surface area (Å²) in [5.41, 5.74) is 1.62. The fourth-order valence-electron chi connectivity index (χ4n) is 2.31. The number of rotatable bonds is 10. The molecule has 1 heterocycles. The van der Waals surface area contributed by atoms with Gasteiger partial charge in [-0.15, -0.1) is 0 Å². The van der Waals surface area contributed by atoms with Crippen molar-refractivity contribution in [3.63, 3.8) is 0 Å². The maximum Gasteiger partial charge on any atom is 0.411 e. The third-order valence-corrected chi connectivity index (χ3v) is 3.62. The molecular weight excluding hydrogens is 385 g/mol. The number of ether oxygens (including phenoxy) is 2. The highest BCUT2D eigenvalue weighted by Gasteiger charge is 2.27. The zero-order chi connectivity index (χ0) is 21.0. The van der Waals surface area contributed by atoms with E-state index in [1.165, 1.54) is 0 Å². The standard InChI is InChI=1S/C20H25F3N4O2/c1-2-25-19(26-10-11-29-18-4-3-9-24-13-18)27-12-16-5-7-17(8-6-16)14-28-15-20(21,22)23/h3-9,13H,2,10-12,14-15H2,1H3,(H2,25,26,27). The molecule has 2 rings (SSSR count). The Morgan fingerprint density at radius 2 is 1.86 bits per heavy atom. The van der Waals surface area contributed by atoms with E-state index in [0.29, 0.717) is 43.5 Å². The number of aliphatic imine (C=N–C) groups is 1. The first-order valence-corrected chi connectivity index (χ1v) is 9.23. The van der Waals surface area contributed by atoms with Gasteiger partial charge in [0.1, 0.15) is 19.0 Å². The van der Waals surface area contributed by atoms with E-state index in [4.69, 9.17) is 4.74 Å². The van der Waals surface area contributed by atoms with Gasteiger partial charge in [0, 0.05) is 12.7 Å². The molecule has 1 aromatic carbocycles. The Morgan fingerprint density at radius 1 is 1.10 bits per heavy atom. The van der Waals surface area contributed by atoms with Crippen molar-refractivity contribution in [2.24, 2.45) is 4.99 Å². The molecule has 0 saturated heterocycles. The number of benzene rings is 1. The molecule has 0 unspecified atom stereocenters. The average molecular weight is 410 g/mol. The molecule has 6 nitrogen and oxygen atoms in total. The van der Waals surface area contributed by atoms with Gasteiger partial charge in [-0.25, -0.2) is 4.99 Å². The number of guanidine groups is 1. The molecule has 0 aliphatic rings. The summed E-state index contributed by atoms with van der Waals surface area (Å²) >= 11 is 0. The Hall–Kier alpha value is -2.81. The summed E-state index contributed by atoms with van der Waals surface area (Å²) in [7, 11) is 0. The number of pyridine rings is 1. The van der Waals surface area contributed by atoms with Gasteiger partial charge in [0.15, 0.2) is 5.96 Å². The summed E-state index contributed by atoms with van der Waals surface area (Å²) in [5.74, 6) is 1.36. The van der Waals surface area contributed by atoms with Crippen molar-refractivity contribution in [1.82, 2.24) is 15.6 Å². The molecule has 0 atom stereocenters. The van der Waals surface area contributed by atoms with Gasteiger partial charge in [-0.3, -0.25) is 4.98 Å². The highest BCUT2D eigenvalue weighted by atomic mass is 19.4. The first-order valence-electron chi connectivity index (χ1n) is 9.23. The lowest BCUT2D eigenvalue weighted by molar-refractivity contribution is -0.176. The molecule has 1 aromatic heterocycles. The molecule has 9 heteroatoms. The summed E-state index contributed by atoms with van der Waals surface area (Å²) in [6.07, 6.45) is -0.979. The van der Waals surface area contributed by atoms with Gasteiger partial charge in [-0.1, -0.05) is 24.3 Å². The van der Waals surface area contributed by atoms with Gasteiger partial charge < -0.3 is 20.1 Å². The third kappa shape index (κ3) is 9.79. The first-order chi connectivity index (χ1) is 14.0. The summed E-state index contributed by atoms with van der Waals surface area (Å²) in [6.45, 7) is 2.82. The van der Waals surface area contributed by atoms with Crippen molar-refractivity contribution in [3.8, 4) is 5.75 Å². The van der Waals surface area contributed by atoms with E-state index in [-0.39, 0.29) is 6.61 Å². The Morgan fingerprint density at radius 3 is 2.52 bits per heavy atom. The van der Waals surface area contributed by atoms with Crippen LogP contribution in [0.15, 0.2) is 53.8 Å². The van der Waals surface area contributed by atoms with Gasteiger partial charge >= 0.3 is 6.18 Å². The monoisotopic (exact) mass is 410 g/mol. The minimum absolute atomic E-state index is 0.0792. The maximum atomic E-state index is 12.1. The maximum absolute atomic E-state index is 12.1. The summed E-state index contributed by atoms with van der Waals surface area (Å²) < 4.78 is 46.5. The number of nitrogens with zero attached hydrogens (tertiary/aromatic N) is 2. The fourth-order valence-corrected chi connectivity index (χ4v) is 2.31. The Bertz CT molecular complexity index is 738. The smallest absolute Gasteiger partial charge is 0.411 e. The van der Waals surface area contributed by atoms with E-state index < -0.39 is 12.8 Å². The number of nitrogens with one attached hydrogen (secondary N) is 2. The minimum Gasteiger partial charge on any atom is -0.490 e. The normalized spacial score (nSPS) is 11.9. The highest BCUT2D eigenvalue weighted by molar-refractivity contribution is 5.79. The van der Waals surface area contributed by atoms with Gasteiger partial charge in [-0.2, -0.15) is 13.2 Å². The van der Waals surface area contributed by atoms with Crippen LogP contribution in [0, 0.1) is 0 Å². The van der Waals surface area contributed by atoms with E-state index in [1.54, 1.807) is 24.5 Å². The second-order valence-corrected chi connectivity index (χ2v) is 6.08. The van der Waals surface area contributed by atoms with Crippen LogP contribution in [0.1, 0.15) is 18.1 Å². The molecule has 0 aliphatic heterocycles. The summed E-state index contributed by atoms with van der Waals surface area (Å²) in [5, 5.41) is 6.33. The zero-order valence-electron chi connectivity index (χ0n) is 16.2. The van der Waals surface area contributed by atoms with Gasteiger partial charge in [0.05, 0.1) is 25.9 Å². The summed E-state index contributed by atoms with van der Waals surface area (Å²) in [6, 6.07) is 10.8. The largest absolute Gasteiger partial charge is 0.490 e. The predicted molar refractivity (Wildman–Crippen MR) is 105 cm³/mol. The van der Waals surface area contributed by atoms with E-state index >= 15 is 0 Å². The topological polar surface area (TPSA) is 67.8 Å². The third-order valence-electron chi connectivity index (χ3n) is 3.62. The number of alkyl halides is 3. The first kappa shape index (κ1) is 22.5. The molecule has 2 aromatic rings. The quantitative estimate of drug-likeness (QED) is 0.357. The predicted octanol–water partition coefficient (Wildman–Crippen LogP) is 3.29. The lowest BCUT2D eigenvalue weighted by atomic mass is 10.1. The van der Waals surface area contributed by atoms with Crippen molar-refractivity contribution in [3.05, 3.63) is 59.9 Å². The van der Waals surface area contributed by atoms with Crippen molar-refractivity contribution < 1.29 is 22.6 Å². The van der Waals surface area contributed by atoms with Crippen LogP contribution in [0.5, 0.6) is 5.75 Å². The van der Waals surface area contributed by atoms with Gasteiger partial charge in [0.25, 0.3) is 0 Å². The Labute approximate surface area is 168 Å². The minimum atomic E-state index is -4.31. The Balaban J connectivity index is 1.76. The van der Waals surface area contributed by atoms with Crippen LogP contribution >= 0.6 is 0 Å². The van der Waals surface area contributed by atoms with E-state index in [0.717, 1.165) is 5.56 Å². The molecule has 0 spiro atoms. The number of halogens is 3. The van der Waals surface area contributed by atoms with Crippen LogP contribution in [0.2, 0.25) is 0 Å². The van der Waals surface area contributed by atoms with Crippen molar-refractivity contribution in [2.75, 3.05) is 26.3 Å². The number of hydrogen-bond acceptors (Lipinski definition) is 4. The van der Waals surface area contributed by atoms with Crippen molar-refractivity contribution in [2.45, 2.75) is 26.3 Å². The molecule has 2 N–H and O–H groups in total. The highest BCUT2D eigenvalue weighted by Crippen LogP contribution is 2.16. The van der Waals surface area contributed by atoms with Crippen LogP contribution in [0.25, 0.3) is 0 Å². The SMILES string of the molecule is CCNC(=NCc1ccc(COCC(F)(F)F)cc1)NCCOc1cccnc1. The summed E-state index contributed by atoms with van der Waals surface area (Å²) in [4.78, 5) is 8.48. The molecule has 158 valence electrons. The second kappa shape index (κ2) is 11.9. The van der Waals surface area contributed by atoms with Gasteiger partial charge in [-0.05, 0) is 30.2 Å². The van der Waals surface area contributed by atoms with Crippen molar-refractivity contribution in [1.29, 1.82) is 0 Å². The van der Waals surface area contributed by atoms with Crippen LogP contribution < -0.4 is 15.4 Å². The van der Waals surface area contributed by atoms with Crippen LogP contribution in [-0.2, 0) is 17.9 Å². The molecule has 0 fully saturated rings. The second-order valence-electron chi connectivity index (χ2n) is 6.08. The Kier molecular flexibility index (Phi) is 9.23. The molecule has 0 bridgehead atoms. The van der Waals surface area contributed by atoms with Crippen LogP contribution in [0.3, 0.4) is 0 Å². The van der Waals surface area contributed by atoms with Crippen molar-refractivity contribution >= 4 is 5.96 Å². The molecule has 29 heavy (non-hydrogen) atoms. The molecule has 0 radical (unpaired) electrons. The zero-order valence-corrected chi connectivity index (χ0v) is 16.2. The lowest BCUT2D eigenvalue weighted by Crippen LogP contribution is -2.39. The number of hydrogen-bond donors (Lipinski definition) is 2.